The number of nitrogen functional groups attached to an aromatic ring is 1. The minimum absolute atomic E-state index is 0.623. The van der Waals surface area contributed by atoms with Crippen molar-refractivity contribution in [3.8, 4) is 16.3 Å². The van der Waals surface area contributed by atoms with Gasteiger partial charge in [0.2, 0.25) is 5.13 Å². The molecule has 6 heteroatoms. The zero-order valence-electron chi connectivity index (χ0n) is 10.8. The summed E-state index contributed by atoms with van der Waals surface area (Å²) in [6.45, 7) is 2.17. The highest BCUT2D eigenvalue weighted by atomic mass is 32.1. The molecule has 0 amide bonds. The summed E-state index contributed by atoms with van der Waals surface area (Å²) in [4.78, 5) is 2.29. The summed E-state index contributed by atoms with van der Waals surface area (Å²) in [5.74, 6) is 0.688. The molecular formula is C13H16N4OS. The van der Waals surface area contributed by atoms with E-state index in [9.17, 15) is 0 Å². The monoisotopic (exact) mass is 276 g/mol. The van der Waals surface area contributed by atoms with Crippen molar-refractivity contribution in [3.63, 3.8) is 0 Å². The molecule has 2 N–H and O–H groups in total. The number of methoxy groups -OCH3 is 1. The van der Waals surface area contributed by atoms with Crippen molar-refractivity contribution in [1.82, 2.24) is 10.2 Å². The Bertz CT molecular complexity index is 578. The third kappa shape index (κ3) is 2.35. The summed E-state index contributed by atoms with van der Waals surface area (Å²) in [5, 5.41) is 10.4. The lowest BCUT2D eigenvalue weighted by Gasteiger charge is -2.11. The van der Waals surface area contributed by atoms with E-state index in [1.165, 1.54) is 12.8 Å². The van der Waals surface area contributed by atoms with Gasteiger partial charge in [-0.2, -0.15) is 0 Å². The number of ether oxygens (including phenoxy) is 1. The van der Waals surface area contributed by atoms with Crippen molar-refractivity contribution in [3.05, 3.63) is 18.2 Å². The van der Waals surface area contributed by atoms with Gasteiger partial charge in [0.1, 0.15) is 10.8 Å². The second-order valence-corrected chi connectivity index (χ2v) is 5.50. The van der Waals surface area contributed by atoms with Crippen LogP contribution in [0.1, 0.15) is 12.8 Å². The van der Waals surface area contributed by atoms with Crippen molar-refractivity contribution >= 4 is 22.2 Å². The first-order chi connectivity index (χ1) is 9.28. The van der Waals surface area contributed by atoms with Gasteiger partial charge in [0.25, 0.3) is 0 Å². The Morgan fingerprint density at radius 3 is 2.74 bits per heavy atom. The Morgan fingerprint density at radius 1 is 1.26 bits per heavy atom. The largest absolute Gasteiger partial charge is 0.495 e. The van der Waals surface area contributed by atoms with E-state index in [-0.39, 0.29) is 0 Å². The third-order valence-corrected chi connectivity index (χ3v) is 4.30. The first-order valence-corrected chi connectivity index (χ1v) is 7.12. The van der Waals surface area contributed by atoms with E-state index in [2.05, 4.69) is 15.1 Å². The van der Waals surface area contributed by atoms with Crippen LogP contribution in [-0.4, -0.2) is 30.4 Å². The number of nitrogens with zero attached hydrogens (tertiary/aromatic N) is 3. The summed E-state index contributed by atoms with van der Waals surface area (Å²) in [7, 11) is 1.61. The molecule has 0 spiro atoms. The van der Waals surface area contributed by atoms with E-state index in [0.717, 1.165) is 28.8 Å². The van der Waals surface area contributed by atoms with Crippen LogP contribution in [0.2, 0.25) is 0 Å². The number of aromatic nitrogens is 2. The Labute approximate surface area is 116 Å². The zero-order chi connectivity index (χ0) is 13.2. The van der Waals surface area contributed by atoms with E-state index >= 15 is 0 Å². The number of rotatable bonds is 3. The SMILES string of the molecule is COc1ccc(-c2nnc(N3CCCC3)s2)cc1N. The van der Waals surface area contributed by atoms with Gasteiger partial charge in [-0.1, -0.05) is 11.3 Å². The van der Waals surface area contributed by atoms with E-state index in [1.54, 1.807) is 18.4 Å². The number of hydrogen-bond acceptors (Lipinski definition) is 6. The van der Waals surface area contributed by atoms with Gasteiger partial charge in [-0.05, 0) is 31.0 Å². The van der Waals surface area contributed by atoms with Crippen LogP contribution in [-0.2, 0) is 0 Å². The van der Waals surface area contributed by atoms with E-state index < -0.39 is 0 Å². The topological polar surface area (TPSA) is 64.3 Å². The Kier molecular flexibility index (Phi) is 3.25. The summed E-state index contributed by atoms with van der Waals surface area (Å²) >= 11 is 1.61. The normalized spacial score (nSPS) is 14.9. The van der Waals surface area contributed by atoms with Gasteiger partial charge in [0.05, 0.1) is 12.8 Å². The molecule has 1 saturated heterocycles. The molecule has 2 heterocycles. The van der Waals surface area contributed by atoms with Crippen LogP contribution in [0.5, 0.6) is 5.75 Å². The molecule has 1 aromatic heterocycles. The van der Waals surface area contributed by atoms with Crippen molar-refractivity contribution in [2.75, 3.05) is 30.8 Å². The number of anilines is 2. The van der Waals surface area contributed by atoms with Crippen LogP contribution in [0.25, 0.3) is 10.6 Å². The highest BCUT2D eigenvalue weighted by Crippen LogP contribution is 2.33. The molecule has 0 saturated carbocycles. The average molecular weight is 276 g/mol. The third-order valence-electron chi connectivity index (χ3n) is 3.27. The van der Waals surface area contributed by atoms with Crippen molar-refractivity contribution in [2.45, 2.75) is 12.8 Å². The molecule has 1 aliphatic rings. The van der Waals surface area contributed by atoms with Crippen LogP contribution in [0, 0.1) is 0 Å². The van der Waals surface area contributed by atoms with Gasteiger partial charge < -0.3 is 15.4 Å². The summed E-state index contributed by atoms with van der Waals surface area (Å²) < 4.78 is 5.16. The minimum Gasteiger partial charge on any atom is -0.495 e. The van der Waals surface area contributed by atoms with E-state index in [4.69, 9.17) is 10.5 Å². The Hall–Kier alpha value is -1.82. The maximum atomic E-state index is 5.92. The van der Waals surface area contributed by atoms with Crippen LogP contribution in [0.3, 0.4) is 0 Å². The lowest BCUT2D eigenvalue weighted by Crippen LogP contribution is -2.17. The van der Waals surface area contributed by atoms with E-state index in [0.29, 0.717) is 11.4 Å². The standard InChI is InChI=1S/C13H16N4OS/c1-18-11-5-4-9(8-10(11)14)12-15-16-13(19-12)17-6-2-3-7-17/h4-5,8H,2-3,6-7,14H2,1H3. The Morgan fingerprint density at radius 2 is 2.05 bits per heavy atom. The van der Waals surface area contributed by atoms with Gasteiger partial charge in [-0.25, -0.2) is 0 Å². The van der Waals surface area contributed by atoms with Gasteiger partial charge in [0.15, 0.2) is 0 Å². The first-order valence-electron chi connectivity index (χ1n) is 6.30. The second kappa shape index (κ2) is 5.05. The lowest BCUT2D eigenvalue weighted by molar-refractivity contribution is 0.417. The molecule has 19 heavy (non-hydrogen) atoms. The van der Waals surface area contributed by atoms with Crippen LogP contribution >= 0.6 is 11.3 Å². The molecular weight excluding hydrogens is 260 g/mol. The van der Waals surface area contributed by atoms with E-state index in [1.807, 2.05) is 18.2 Å². The van der Waals surface area contributed by atoms with Gasteiger partial charge in [-0.15, -0.1) is 10.2 Å². The Balaban J connectivity index is 1.87. The molecule has 3 rings (SSSR count). The molecule has 1 aromatic carbocycles. The number of nitrogens with two attached hydrogens (primary N) is 1. The highest BCUT2D eigenvalue weighted by molar-refractivity contribution is 7.18. The van der Waals surface area contributed by atoms with Crippen molar-refractivity contribution in [2.24, 2.45) is 0 Å². The maximum Gasteiger partial charge on any atom is 0.208 e. The summed E-state index contributed by atoms with van der Waals surface area (Å²) in [6, 6.07) is 5.71. The van der Waals surface area contributed by atoms with Gasteiger partial charge >= 0.3 is 0 Å². The molecule has 0 unspecified atom stereocenters. The summed E-state index contributed by atoms with van der Waals surface area (Å²) in [5.41, 5.74) is 7.53. The minimum atomic E-state index is 0.623. The molecule has 0 bridgehead atoms. The van der Waals surface area contributed by atoms with Crippen LogP contribution in [0.4, 0.5) is 10.8 Å². The maximum absolute atomic E-state index is 5.92. The second-order valence-electron chi connectivity index (χ2n) is 4.54. The lowest BCUT2D eigenvalue weighted by atomic mass is 10.2. The summed E-state index contributed by atoms with van der Waals surface area (Å²) in [6.07, 6.45) is 2.48. The van der Waals surface area contributed by atoms with Gasteiger partial charge in [0, 0.05) is 18.7 Å². The molecule has 1 fully saturated rings. The molecule has 2 aromatic rings. The molecule has 100 valence electrons. The molecule has 1 aliphatic heterocycles. The average Bonchev–Trinajstić information content (AvgIpc) is 3.09. The molecule has 0 radical (unpaired) electrons. The molecule has 5 nitrogen and oxygen atoms in total. The zero-order valence-corrected chi connectivity index (χ0v) is 11.6. The molecule has 0 atom stereocenters. The van der Waals surface area contributed by atoms with Gasteiger partial charge in [-0.3, -0.25) is 0 Å². The first kappa shape index (κ1) is 12.2. The molecule has 0 aliphatic carbocycles. The smallest absolute Gasteiger partial charge is 0.208 e. The fraction of sp³-hybridized carbons (Fsp3) is 0.385. The number of hydrogen-bond donors (Lipinski definition) is 1. The fourth-order valence-electron chi connectivity index (χ4n) is 2.24. The van der Waals surface area contributed by atoms with Crippen molar-refractivity contribution < 1.29 is 4.74 Å². The fourth-order valence-corrected chi connectivity index (χ4v) is 3.13. The van der Waals surface area contributed by atoms with Crippen LogP contribution < -0.4 is 15.4 Å². The highest BCUT2D eigenvalue weighted by Gasteiger charge is 2.17. The van der Waals surface area contributed by atoms with Crippen LogP contribution in [0.15, 0.2) is 18.2 Å². The quantitative estimate of drug-likeness (QED) is 0.872. The number of benzene rings is 1. The predicted octanol–water partition coefficient (Wildman–Crippen LogP) is 2.40. The predicted molar refractivity (Wildman–Crippen MR) is 77.8 cm³/mol. The van der Waals surface area contributed by atoms with Crippen molar-refractivity contribution in [1.29, 1.82) is 0 Å².